The third kappa shape index (κ3) is 1.34. The van der Waals surface area contributed by atoms with Gasteiger partial charge in [-0.1, -0.05) is 0 Å². The van der Waals surface area contributed by atoms with E-state index in [-0.39, 0.29) is 11.4 Å². The smallest absolute Gasteiger partial charge is 0.265 e. The fraction of sp³-hybridized carbons (Fsp3) is 0.286. The quantitative estimate of drug-likeness (QED) is 0.711. The number of aromatic nitrogens is 1. The molecular formula is C7H7F3N2. The first-order valence-electron chi connectivity index (χ1n) is 3.22. The minimum absolute atomic E-state index is 0.141. The largest absolute Gasteiger partial charge is 0.381 e. The molecule has 5 heteroatoms. The highest BCUT2D eigenvalue weighted by molar-refractivity contribution is 5.38. The topological polar surface area (TPSA) is 38.9 Å². The van der Waals surface area contributed by atoms with Crippen LogP contribution in [0.2, 0.25) is 0 Å². The second kappa shape index (κ2) is 3.00. The van der Waals surface area contributed by atoms with Gasteiger partial charge < -0.3 is 5.73 Å². The number of hydrogen-bond donors (Lipinski definition) is 1. The Morgan fingerprint density at radius 1 is 1.50 bits per heavy atom. The van der Waals surface area contributed by atoms with Crippen molar-refractivity contribution < 1.29 is 13.2 Å². The van der Waals surface area contributed by atoms with Gasteiger partial charge in [0.05, 0.1) is 0 Å². The standard InChI is InChI=1S/C7H7F3N2/c1-3-4(6(9)10)2-12-7(11)5(3)8/h2,6H,1H3,(H2,11,12). The fourth-order valence-corrected chi connectivity index (χ4v) is 0.831. The molecule has 0 atom stereocenters. The number of nitrogens with zero attached hydrogens (tertiary/aromatic N) is 1. The SMILES string of the molecule is Cc1c(C(F)F)cnc(N)c1F. The highest BCUT2D eigenvalue weighted by atomic mass is 19.3. The van der Waals surface area contributed by atoms with Gasteiger partial charge in [0.25, 0.3) is 6.43 Å². The van der Waals surface area contributed by atoms with Crippen LogP contribution >= 0.6 is 0 Å². The average Bonchev–Trinajstić information content (AvgIpc) is 2.00. The molecule has 0 radical (unpaired) electrons. The molecule has 0 saturated heterocycles. The van der Waals surface area contributed by atoms with E-state index >= 15 is 0 Å². The lowest BCUT2D eigenvalue weighted by atomic mass is 10.1. The van der Waals surface area contributed by atoms with Crippen LogP contribution in [0.3, 0.4) is 0 Å². The first-order valence-corrected chi connectivity index (χ1v) is 3.22. The maximum absolute atomic E-state index is 12.8. The summed E-state index contributed by atoms with van der Waals surface area (Å²) < 4.78 is 37.0. The highest BCUT2D eigenvalue weighted by Crippen LogP contribution is 2.24. The van der Waals surface area contributed by atoms with Gasteiger partial charge in [-0.05, 0) is 12.5 Å². The normalized spacial score (nSPS) is 10.8. The van der Waals surface area contributed by atoms with Crippen LogP contribution in [0, 0.1) is 12.7 Å². The van der Waals surface area contributed by atoms with Gasteiger partial charge in [-0.3, -0.25) is 0 Å². The average molecular weight is 176 g/mol. The van der Waals surface area contributed by atoms with E-state index in [0.29, 0.717) is 0 Å². The minimum Gasteiger partial charge on any atom is -0.381 e. The van der Waals surface area contributed by atoms with Gasteiger partial charge in [-0.2, -0.15) is 0 Å². The lowest BCUT2D eigenvalue weighted by Gasteiger charge is -2.05. The van der Waals surface area contributed by atoms with E-state index in [1.807, 2.05) is 0 Å². The van der Waals surface area contributed by atoms with Crippen LogP contribution in [0.1, 0.15) is 17.6 Å². The highest BCUT2D eigenvalue weighted by Gasteiger charge is 2.15. The second-order valence-corrected chi connectivity index (χ2v) is 2.34. The molecule has 0 amide bonds. The first-order chi connectivity index (χ1) is 5.54. The molecule has 66 valence electrons. The number of nitrogens with two attached hydrogens (primary N) is 1. The van der Waals surface area contributed by atoms with Crippen molar-refractivity contribution in [1.29, 1.82) is 0 Å². The van der Waals surface area contributed by atoms with Crippen LogP contribution in [-0.4, -0.2) is 4.98 Å². The Hall–Kier alpha value is -1.26. The fourth-order valence-electron chi connectivity index (χ4n) is 0.831. The molecule has 12 heavy (non-hydrogen) atoms. The molecule has 1 heterocycles. The zero-order chi connectivity index (χ0) is 9.30. The second-order valence-electron chi connectivity index (χ2n) is 2.34. The zero-order valence-corrected chi connectivity index (χ0v) is 6.31. The van der Waals surface area contributed by atoms with Crippen LogP contribution in [0.25, 0.3) is 0 Å². The molecule has 0 fully saturated rings. The summed E-state index contributed by atoms with van der Waals surface area (Å²) in [5.74, 6) is -1.22. The van der Waals surface area contributed by atoms with Crippen molar-refractivity contribution in [2.24, 2.45) is 0 Å². The van der Waals surface area contributed by atoms with Crippen LogP contribution in [0.5, 0.6) is 0 Å². The summed E-state index contributed by atoms with van der Waals surface area (Å²) in [4.78, 5) is 3.28. The van der Waals surface area contributed by atoms with E-state index in [2.05, 4.69) is 4.98 Å². The van der Waals surface area contributed by atoms with Crippen molar-refractivity contribution in [3.05, 3.63) is 23.1 Å². The summed E-state index contributed by atoms with van der Waals surface area (Å²) in [5, 5.41) is 0. The van der Waals surface area contributed by atoms with E-state index < -0.39 is 17.8 Å². The maximum atomic E-state index is 12.8. The van der Waals surface area contributed by atoms with Crippen molar-refractivity contribution in [2.45, 2.75) is 13.3 Å². The number of pyridine rings is 1. The number of halogens is 3. The van der Waals surface area contributed by atoms with Crippen LogP contribution in [-0.2, 0) is 0 Å². The lowest BCUT2D eigenvalue weighted by molar-refractivity contribution is 0.149. The van der Waals surface area contributed by atoms with E-state index in [1.54, 1.807) is 0 Å². The molecule has 0 aromatic carbocycles. The van der Waals surface area contributed by atoms with E-state index in [1.165, 1.54) is 6.92 Å². The Bertz CT molecular complexity index is 299. The molecule has 1 rings (SSSR count). The molecule has 1 aromatic heterocycles. The van der Waals surface area contributed by atoms with Crippen molar-refractivity contribution in [2.75, 3.05) is 5.73 Å². The van der Waals surface area contributed by atoms with Crippen molar-refractivity contribution >= 4 is 5.82 Å². The van der Waals surface area contributed by atoms with Gasteiger partial charge in [0.1, 0.15) is 0 Å². The molecule has 1 aromatic rings. The Labute approximate surface area is 67.2 Å². The number of hydrogen-bond acceptors (Lipinski definition) is 2. The van der Waals surface area contributed by atoms with Gasteiger partial charge in [0.15, 0.2) is 11.6 Å². The molecule has 2 N–H and O–H groups in total. The Morgan fingerprint density at radius 3 is 2.58 bits per heavy atom. The molecule has 0 bridgehead atoms. The molecule has 0 aliphatic rings. The van der Waals surface area contributed by atoms with Gasteiger partial charge in [-0.25, -0.2) is 18.2 Å². The third-order valence-electron chi connectivity index (χ3n) is 1.56. The predicted molar refractivity (Wildman–Crippen MR) is 38.3 cm³/mol. The van der Waals surface area contributed by atoms with Gasteiger partial charge in [-0.15, -0.1) is 0 Å². The number of nitrogen functional groups attached to an aromatic ring is 1. The third-order valence-corrected chi connectivity index (χ3v) is 1.56. The predicted octanol–water partition coefficient (Wildman–Crippen LogP) is 2.05. The number of anilines is 1. The van der Waals surface area contributed by atoms with Crippen molar-refractivity contribution in [3.8, 4) is 0 Å². The summed E-state index contributed by atoms with van der Waals surface area (Å²) in [6.45, 7) is 1.24. The number of rotatable bonds is 1. The molecule has 0 saturated carbocycles. The Morgan fingerprint density at radius 2 is 2.08 bits per heavy atom. The monoisotopic (exact) mass is 176 g/mol. The first kappa shape index (κ1) is 8.83. The van der Waals surface area contributed by atoms with Gasteiger partial charge in [0, 0.05) is 11.8 Å². The van der Waals surface area contributed by atoms with Crippen LogP contribution < -0.4 is 5.73 Å². The molecule has 0 unspecified atom stereocenters. The summed E-state index contributed by atoms with van der Waals surface area (Å²) in [6, 6.07) is 0. The summed E-state index contributed by atoms with van der Waals surface area (Å²) in [6.07, 6.45) is -1.83. The molecule has 0 spiro atoms. The molecule has 2 nitrogen and oxygen atoms in total. The summed E-state index contributed by atoms with van der Waals surface area (Å²) in [5.41, 5.74) is 4.50. The van der Waals surface area contributed by atoms with Crippen LogP contribution in [0.15, 0.2) is 6.20 Å². The summed E-state index contributed by atoms with van der Waals surface area (Å²) in [7, 11) is 0. The van der Waals surface area contributed by atoms with Gasteiger partial charge in [0.2, 0.25) is 0 Å². The van der Waals surface area contributed by atoms with Crippen molar-refractivity contribution in [1.82, 2.24) is 4.98 Å². The molecule has 0 aliphatic heterocycles. The zero-order valence-electron chi connectivity index (χ0n) is 6.31. The van der Waals surface area contributed by atoms with Crippen LogP contribution in [0.4, 0.5) is 19.0 Å². The Balaban J connectivity index is 3.27. The minimum atomic E-state index is -2.72. The van der Waals surface area contributed by atoms with E-state index in [0.717, 1.165) is 6.20 Å². The van der Waals surface area contributed by atoms with E-state index in [4.69, 9.17) is 5.73 Å². The molecule has 0 aliphatic carbocycles. The lowest BCUT2D eigenvalue weighted by Crippen LogP contribution is -2.01. The van der Waals surface area contributed by atoms with Gasteiger partial charge >= 0.3 is 0 Å². The molecular weight excluding hydrogens is 169 g/mol. The van der Waals surface area contributed by atoms with Crippen molar-refractivity contribution in [3.63, 3.8) is 0 Å². The Kier molecular flexibility index (Phi) is 2.21. The maximum Gasteiger partial charge on any atom is 0.265 e. The number of alkyl halides is 2. The van der Waals surface area contributed by atoms with E-state index in [9.17, 15) is 13.2 Å². The summed E-state index contributed by atoms with van der Waals surface area (Å²) >= 11 is 0.